The van der Waals surface area contributed by atoms with E-state index in [9.17, 15) is 9.18 Å². The van der Waals surface area contributed by atoms with E-state index in [0.717, 1.165) is 44.9 Å². The summed E-state index contributed by atoms with van der Waals surface area (Å²) in [5.41, 5.74) is -0.543. The molecule has 13 heteroatoms. The molecule has 10 fully saturated rings. The molecule has 8 aliphatic heterocycles. The van der Waals surface area contributed by atoms with Gasteiger partial charge in [-0.2, -0.15) is 0 Å². The summed E-state index contributed by atoms with van der Waals surface area (Å²) < 4.78 is 40.9. The van der Waals surface area contributed by atoms with Crippen LogP contribution in [0.1, 0.15) is 99.3 Å². The van der Waals surface area contributed by atoms with Gasteiger partial charge in [0.1, 0.15) is 11.9 Å². The van der Waals surface area contributed by atoms with E-state index in [2.05, 4.69) is 38.2 Å². The molecule has 8 heterocycles. The van der Waals surface area contributed by atoms with Gasteiger partial charge in [-0.25, -0.2) is 28.7 Å². The van der Waals surface area contributed by atoms with Gasteiger partial charge in [0.05, 0.1) is 11.8 Å². The molecule has 1 N–H and O–H groups in total. The van der Waals surface area contributed by atoms with Crippen LogP contribution in [0.25, 0.3) is 0 Å². The third-order valence-electron chi connectivity index (χ3n) is 14.5. The zero-order chi connectivity index (χ0) is 36.2. The lowest BCUT2D eigenvalue weighted by Crippen LogP contribution is -2.71. The highest BCUT2D eigenvalue weighted by Gasteiger charge is 2.71. The van der Waals surface area contributed by atoms with Gasteiger partial charge in [0.25, 0.3) is 0 Å². The van der Waals surface area contributed by atoms with Crippen LogP contribution < -0.4 is 5.32 Å². The summed E-state index contributed by atoms with van der Waals surface area (Å²) >= 11 is 0. The van der Waals surface area contributed by atoms with Crippen LogP contribution in [-0.2, 0) is 43.3 Å². The number of nitrogens with one attached hydrogen (secondary N) is 1. The highest BCUT2D eigenvalue weighted by atomic mass is 19.1. The molecule has 0 aromatic heterocycles. The first-order valence-corrected chi connectivity index (χ1v) is 19.5. The molecule has 16 atom stereocenters. The van der Waals surface area contributed by atoms with E-state index in [4.69, 9.17) is 43.3 Å². The molecule has 11 rings (SSSR count). The summed E-state index contributed by atoms with van der Waals surface area (Å²) in [5, 5.41) is 7.22. The lowest BCUT2D eigenvalue weighted by atomic mass is 9.56. The van der Waals surface area contributed by atoms with Crippen LogP contribution >= 0.6 is 0 Å². The van der Waals surface area contributed by atoms with Crippen LogP contribution in [-0.4, -0.2) is 59.4 Å². The molecule has 8 saturated heterocycles. The standard InChI is InChI=1S/C39H53FN2O10/c1-20-7-13-28-22(3)31(44-33-38(28)26(20)15-17-36(5,46-33)49-51-38)19-30(42-48-35(43)41-25-11-9-24(40)10-12-25)32-23(4)29-14-8-21(2)27-16-18-37(6)47-34(45-32)39(27,29)52-50-37/h9-12,20-23,26-29,31-34H,7-8,13-19H2,1-6H3,(H,41,43)/b42-30-/t20-,21-,22-,23-,26+,27+,28+,29+,31-,32+,33-,34-,36+,37+,38?,39?/m1/s1. The molecule has 2 unspecified atom stereocenters. The lowest BCUT2D eigenvalue weighted by Gasteiger charge is -2.61. The molecule has 1 amide bonds. The van der Waals surface area contributed by atoms with Crippen molar-refractivity contribution in [2.75, 3.05) is 5.32 Å². The third kappa shape index (κ3) is 5.43. The summed E-state index contributed by atoms with van der Waals surface area (Å²) in [5.74, 6) is -0.854. The molecule has 1 aromatic rings. The Bertz CT molecular complexity index is 1580. The summed E-state index contributed by atoms with van der Waals surface area (Å²) in [7, 11) is 0. The van der Waals surface area contributed by atoms with Crippen molar-refractivity contribution in [2.45, 2.75) is 147 Å². The number of hydrogen-bond donors (Lipinski definition) is 1. The van der Waals surface area contributed by atoms with Gasteiger partial charge in [-0.3, -0.25) is 10.2 Å². The van der Waals surface area contributed by atoms with Crippen molar-refractivity contribution in [3.05, 3.63) is 30.1 Å². The number of fused-ring (bicyclic) bond motifs is 4. The number of benzene rings is 1. The molecule has 2 spiro atoms. The van der Waals surface area contributed by atoms with Crippen molar-refractivity contribution < 1.29 is 52.5 Å². The van der Waals surface area contributed by atoms with Crippen LogP contribution in [0.3, 0.4) is 0 Å². The van der Waals surface area contributed by atoms with E-state index in [1.165, 1.54) is 24.3 Å². The number of ether oxygens (including phenoxy) is 4. The summed E-state index contributed by atoms with van der Waals surface area (Å²) in [6.45, 7) is 12.8. The number of anilines is 1. The fraction of sp³-hybridized carbons (Fsp3) is 0.795. The molecule has 12 nitrogen and oxygen atoms in total. The quantitative estimate of drug-likeness (QED) is 0.140. The number of hydrogen-bond acceptors (Lipinski definition) is 11. The predicted molar refractivity (Wildman–Crippen MR) is 182 cm³/mol. The number of amides is 1. The van der Waals surface area contributed by atoms with Gasteiger partial charge in [-0.1, -0.05) is 32.9 Å². The number of rotatable bonds is 5. The zero-order valence-electron chi connectivity index (χ0n) is 31.0. The average molecular weight is 729 g/mol. The van der Waals surface area contributed by atoms with Crippen molar-refractivity contribution in [1.29, 1.82) is 0 Å². The fourth-order valence-corrected chi connectivity index (χ4v) is 11.7. The number of nitrogens with zero attached hydrogens (tertiary/aromatic N) is 1. The molecule has 2 aliphatic carbocycles. The highest BCUT2D eigenvalue weighted by Crippen LogP contribution is 2.63. The monoisotopic (exact) mass is 728 g/mol. The Kier molecular flexibility index (Phi) is 8.63. The van der Waals surface area contributed by atoms with E-state index in [1.54, 1.807) is 0 Å². The first kappa shape index (κ1) is 35.5. The van der Waals surface area contributed by atoms with Crippen LogP contribution in [0.4, 0.5) is 14.9 Å². The Morgan fingerprint density at radius 1 is 0.769 bits per heavy atom. The van der Waals surface area contributed by atoms with E-state index >= 15 is 0 Å². The second kappa shape index (κ2) is 12.7. The smallest absolute Gasteiger partial charge is 0.345 e. The maximum absolute atomic E-state index is 13.6. The average Bonchev–Trinajstić information content (AvgIpc) is 3.49. The topological polar surface area (TPSA) is 125 Å². The maximum Gasteiger partial charge on any atom is 0.437 e. The first-order chi connectivity index (χ1) is 24.8. The molecule has 1 aromatic carbocycles. The molecule has 4 bridgehead atoms. The Morgan fingerprint density at radius 2 is 1.33 bits per heavy atom. The van der Waals surface area contributed by atoms with Crippen molar-refractivity contribution in [2.24, 2.45) is 52.5 Å². The van der Waals surface area contributed by atoms with Gasteiger partial charge in [0.2, 0.25) is 11.6 Å². The molecular weight excluding hydrogens is 675 g/mol. The Hall–Kier alpha value is -2.23. The molecule has 52 heavy (non-hydrogen) atoms. The van der Waals surface area contributed by atoms with E-state index in [0.29, 0.717) is 36.1 Å². The maximum atomic E-state index is 13.6. The summed E-state index contributed by atoms with van der Waals surface area (Å²) in [4.78, 5) is 43.7. The third-order valence-corrected chi connectivity index (χ3v) is 14.5. The molecular formula is C39H53FN2O10. The molecule has 2 saturated carbocycles. The Labute approximate surface area is 304 Å². The van der Waals surface area contributed by atoms with Gasteiger partial charge in [0, 0.05) is 36.8 Å². The normalized spacial score (nSPS) is 50.7. The lowest BCUT2D eigenvalue weighted by molar-refractivity contribution is -0.571. The number of oxime groups is 1. The van der Waals surface area contributed by atoms with E-state index in [1.807, 2.05) is 13.8 Å². The zero-order valence-corrected chi connectivity index (χ0v) is 31.0. The molecule has 286 valence electrons. The minimum absolute atomic E-state index is 0.0325. The summed E-state index contributed by atoms with van der Waals surface area (Å²) in [6, 6.07) is 5.47. The van der Waals surface area contributed by atoms with Gasteiger partial charge in [-0.05, 0) is 112 Å². The van der Waals surface area contributed by atoms with E-state index < -0.39 is 53.4 Å². The number of halogens is 1. The minimum atomic E-state index is -0.941. The van der Waals surface area contributed by atoms with Gasteiger partial charge in [0.15, 0.2) is 23.8 Å². The largest absolute Gasteiger partial charge is 0.437 e. The van der Waals surface area contributed by atoms with Crippen molar-refractivity contribution in [3.8, 4) is 0 Å². The van der Waals surface area contributed by atoms with Gasteiger partial charge < -0.3 is 18.9 Å². The van der Waals surface area contributed by atoms with Crippen LogP contribution in [0.15, 0.2) is 29.4 Å². The summed E-state index contributed by atoms with van der Waals surface area (Å²) in [6.07, 6.45) is 4.55. The first-order valence-electron chi connectivity index (χ1n) is 19.5. The van der Waals surface area contributed by atoms with Crippen molar-refractivity contribution in [1.82, 2.24) is 0 Å². The SMILES string of the molecule is C[C@H]1[C@@H](/C(C[C@H]2O[C@@H]3O[C@]4(C)CC[C@H]5[C@H](C)CC[C@@H]([C@H]2C)C35OO4)=N\OC(=O)Nc2ccc(F)cc2)O[C@@H]2O[C@]3(C)CC[C@H]4[C@H](C)CC[C@@H]1C24OO3. The van der Waals surface area contributed by atoms with Crippen LogP contribution in [0, 0.1) is 53.2 Å². The second-order valence-electron chi connectivity index (χ2n) is 17.6. The Morgan fingerprint density at radius 3 is 1.92 bits per heavy atom. The van der Waals surface area contributed by atoms with Crippen molar-refractivity contribution >= 4 is 17.5 Å². The predicted octanol–water partition coefficient (Wildman–Crippen LogP) is 7.62. The molecule has 0 radical (unpaired) electrons. The highest BCUT2D eigenvalue weighted by molar-refractivity contribution is 5.91. The number of carbonyl (C=O) groups is 1. The minimum Gasteiger partial charge on any atom is -0.345 e. The van der Waals surface area contributed by atoms with Crippen LogP contribution in [0.5, 0.6) is 0 Å². The van der Waals surface area contributed by atoms with Crippen molar-refractivity contribution in [3.63, 3.8) is 0 Å². The van der Waals surface area contributed by atoms with Crippen LogP contribution in [0.2, 0.25) is 0 Å². The van der Waals surface area contributed by atoms with Gasteiger partial charge >= 0.3 is 6.09 Å². The van der Waals surface area contributed by atoms with Gasteiger partial charge in [-0.15, -0.1) is 0 Å². The fourth-order valence-electron chi connectivity index (χ4n) is 11.7. The van der Waals surface area contributed by atoms with E-state index in [-0.39, 0.29) is 41.6 Å². The second-order valence-corrected chi connectivity index (χ2v) is 17.6. The number of carbonyl (C=O) groups excluding carboxylic acids is 1. The molecule has 10 aliphatic rings. The Balaban J connectivity index is 1.05.